The van der Waals surface area contributed by atoms with Crippen LogP contribution in [-0.4, -0.2) is 34.4 Å². The van der Waals surface area contributed by atoms with E-state index in [1.807, 2.05) is 27.8 Å². The third-order valence-corrected chi connectivity index (χ3v) is 2.77. The Bertz CT molecular complexity index is 427. The Balaban J connectivity index is 2.23. The Morgan fingerprint density at radius 2 is 2.18 bits per heavy atom. The molecule has 2 heterocycles. The van der Waals surface area contributed by atoms with E-state index in [0.717, 1.165) is 18.8 Å². The van der Waals surface area contributed by atoms with Gasteiger partial charge in [-0.3, -0.25) is 4.68 Å². The summed E-state index contributed by atoms with van der Waals surface area (Å²) in [6.07, 6.45) is 1.60. The number of esters is 1. The highest BCUT2D eigenvalue weighted by Crippen LogP contribution is 2.24. The fourth-order valence-electron chi connectivity index (χ4n) is 1.90. The zero-order valence-electron chi connectivity index (χ0n) is 10.8. The van der Waals surface area contributed by atoms with E-state index in [-0.39, 0.29) is 5.97 Å². The van der Waals surface area contributed by atoms with Crippen molar-refractivity contribution in [1.29, 1.82) is 0 Å². The minimum Gasteiger partial charge on any atom is -0.456 e. The Labute approximate surface area is 101 Å². The third-order valence-electron chi connectivity index (χ3n) is 2.77. The predicted octanol–water partition coefficient (Wildman–Crippen LogP) is 1.06. The lowest BCUT2D eigenvalue weighted by Crippen LogP contribution is -2.41. The Morgan fingerprint density at radius 1 is 1.53 bits per heavy atom. The van der Waals surface area contributed by atoms with Crippen LogP contribution in [0.5, 0.6) is 0 Å². The van der Waals surface area contributed by atoms with E-state index in [1.165, 1.54) is 0 Å². The quantitative estimate of drug-likeness (QED) is 0.781. The van der Waals surface area contributed by atoms with Gasteiger partial charge in [-0.1, -0.05) is 0 Å². The molecular weight excluding hydrogens is 218 g/mol. The molecule has 1 aliphatic rings. The summed E-state index contributed by atoms with van der Waals surface area (Å²) in [5.74, 6) is 0.0810. The van der Waals surface area contributed by atoms with Gasteiger partial charge < -0.3 is 10.1 Å². The van der Waals surface area contributed by atoms with Crippen molar-refractivity contribution in [2.24, 2.45) is 7.05 Å². The zero-order valence-corrected chi connectivity index (χ0v) is 10.8. The van der Waals surface area contributed by atoms with Crippen molar-refractivity contribution >= 4 is 5.97 Å². The first kappa shape index (κ1) is 12.1. The van der Waals surface area contributed by atoms with Gasteiger partial charge in [-0.25, -0.2) is 4.79 Å². The van der Waals surface area contributed by atoms with Crippen molar-refractivity contribution < 1.29 is 9.53 Å². The van der Waals surface area contributed by atoms with Gasteiger partial charge >= 0.3 is 5.97 Å². The number of nitrogens with zero attached hydrogens (tertiary/aromatic N) is 2. The first-order chi connectivity index (χ1) is 7.88. The summed E-state index contributed by atoms with van der Waals surface area (Å²) in [4.78, 5) is 12.0. The molecule has 1 aromatic heterocycles. The van der Waals surface area contributed by atoms with Gasteiger partial charge in [0.2, 0.25) is 0 Å². The molecule has 1 N–H and O–H groups in total. The molecule has 0 aliphatic carbocycles. The van der Waals surface area contributed by atoms with Crippen molar-refractivity contribution in [2.75, 3.05) is 13.1 Å². The lowest BCUT2D eigenvalue weighted by molar-refractivity contribution is 0.00672. The van der Waals surface area contributed by atoms with Gasteiger partial charge in [-0.05, 0) is 20.8 Å². The molecule has 0 bridgehead atoms. The summed E-state index contributed by atoms with van der Waals surface area (Å²) in [6, 6.07) is 0. The maximum atomic E-state index is 12.0. The van der Waals surface area contributed by atoms with Gasteiger partial charge in [0.05, 0.1) is 11.9 Å². The second-order valence-corrected chi connectivity index (χ2v) is 5.42. The number of aryl methyl sites for hydroxylation is 1. The van der Waals surface area contributed by atoms with Gasteiger partial charge in [-0.15, -0.1) is 0 Å². The predicted molar refractivity (Wildman–Crippen MR) is 64.0 cm³/mol. The van der Waals surface area contributed by atoms with Crippen LogP contribution in [0, 0.1) is 0 Å². The van der Waals surface area contributed by atoms with E-state index in [1.54, 1.807) is 10.9 Å². The average molecular weight is 237 g/mol. The summed E-state index contributed by atoms with van der Waals surface area (Å²) >= 11 is 0. The van der Waals surface area contributed by atoms with Crippen LogP contribution in [0.15, 0.2) is 6.20 Å². The fourth-order valence-corrected chi connectivity index (χ4v) is 1.90. The highest BCUT2D eigenvalue weighted by atomic mass is 16.6. The largest absolute Gasteiger partial charge is 0.456 e. The van der Waals surface area contributed by atoms with Gasteiger partial charge in [0.1, 0.15) is 11.2 Å². The number of aromatic nitrogens is 2. The Hall–Kier alpha value is -1.36. The monoisotopic (exact) mass is 237 g/mol. The molecule has 0 spiro atoms. The lowest BCUT2D eigenvalue weighted by atomic mass is 9.96. The second kappa shape index (κ2) is 4.14. The molecule has 0 unspecified atom stereocenters. The molecule has 5 heteroatoms. The van der Waals surface area contributed by atoms with Crippen molar-refractivity contribution in [3.63, 3.8) is 0 Å². The standard InChI is InChI=1S/C12H19N3O2/c1-12(2,3)17-11(16)9-7-14-15(4)10(9)8-5-13-6-8/h7-8,13H,5-6H2,1-4H3. The first-order valence-electron chi connectivity index (χ1n) is 5.84. The van der Waals surface area contributed by atoms with E-state index < -0.39 is 5.60 Å². The number of rotatable bonds is 2. The van der Waals surface area contributed by atoms with Gasteiger partial charge in [0.25, 0.3) is 0 Å². The second-order valence-electron chi connectivity index (χ2n) is 5.42. The SMILES string of the molecule is Cn1ncc(C(=O)OC(C)(C)C)c1C1CNC1. The molecule has 1 aliphatic heterocycles. The highest BCUT2D eigenvalue weighted by Gasteiger charge is 2.30. The number of carbonyl (C=O) groups is 1. The normalized spacial score (nSPS) is 16.7. The van der Waals surface area contributed by atoms with E-state index in [4.69, 9.17) is 4.74 Å². The number of carbonyl (C=O) groups excluding carboxylic acids is 1. The van der Waals surface area contributed by atoms with Crippen molar-refractivity contribution in [3.8, 4) is 0 Å². The van der Waals surface area contributed by atoms with Crippen LogP contribution in [0.1, 0.15) is 42.7 Å². The minimum atomic E-state index is -0.470. The van der Waals surface area contributed by atoms with Crippen LogP contribution < -0.4 is 5.32 Å². The molecule has 1 saturated heterocycles. The Morgan fingerprint density at radius 3 is 2.65 bits per heavy atom. The maximum Gasteiger partial charge on any atom is 0.342 e. The van der Waals surface area contributed by atoms with Crippen LogP contribution in [0.25, 0.3) is 0 Å². The van der Waals surface area contributed by atoms with E-state index in [9.17, 15) is 4.79 Å². The highest BCUT2D eigenvalue weighted by molar-refractivity contribution is 5.91. The van der Waals surface area contributed by atoms with E-state index in [2.05, 4.69) is 10.4 Å². The molecule has 5 nitrogen and oxygen atoms in total. The number of hydrogen-bond acceptors (Lipinski definition) is 4. The lowest BCUT2D eigenvalue weighted by Gasteiger charge is -2.28. The number of nitrogens with one attached hydrogen (secondary N) is 1. The van der Waals surface area contributed by atoms with E-state index >= 15 is 0 Å². The van der Waals surface area contributed by atoms with Gasteiger partial charge in [0, 0.05) is 26.1 Å². The molecule has 1 fully saturated rings. The molecule has 0 aromatic carbocycles. The van der Waals surface area contributed by atoms with Crippen LogP contribution in [-0.2, 0) is 11.8 Å². The molecule has 1 aromatic rings. The third kappa shape index (κ3) is 2.49. The first-order valence-corrected chi connectivity index (χ1v) is 5.84. The van der Waals surface area contributed by atoms with Crippen molar-refractivity contribution in [1.82, 2.24) is 15.1 Å². The number of ether oxygens (including phenoxy) is 1. The smallest absolute Gasteiger partial charge is 0.342 e. The minimum absolute atomic E-state index is 0.285. The van der Waals surface area contributed by atoms with Crippen LogP contribution in [0.4, 0.5) is 0 Å². The summed E-state index contributed by atoms with van der Waals surface area (Å²) in [5.41, 5.74) is 1.09. The topological polar surface area (TPSA) is 56.2 Å². The van der Waals surface area contributed by atoms with Crippen LogP contribution in [0.3, 0.4) is 0 Å². The average Bonchev–Trinajstić information content (AvgIpc) is 2.43. The molecule has 94 valence electrons. The number of hydrogen-bond donors (Lipinski definition) is 1. The van der Waals surface area contributed by atoms with Gasteiger partial charge in [-0.2, -0.15) is 5.10 Å². The zero-order chi connectivity index (χ0) is 12.6. The molecular formula is C12H19N3O2. The summed E-state index contributed by atoms with van der Waals surface area (Å²) in [6.45, 7) is 7.40. The van der Waals surface area contributed by atoms with Gasteiger partial charge in [0.15, 0.2) is 0 Å². The van der Waals surface area contributed by atoms with Crippen molar-refractivity contribution in [2.45, 2.75) is 32.3 Å². The summed E-state index contributed by atoms with van der Waals surface area (Å²) < 4.78 is 7.15. The Kier molecular flexibility index (Phi) is 2.95. The molecule has 2 rings (SSSR count). The molecule has 0 atom stereocenters. The molecule has 0 saturated carbocycles. The maximum absolute atomic E-state index is 12.0. The fraction of sp³-hybridized carbons (Fsp3) is 0.667. The molecule has 0 radical (unpaired) electrons. The van der Waals surface area contributed by atoms with Crippen LogP contribution in [0.2, 0.25) is 0 Å². The molecule has 0 amide bonds. The van der Waals surface area contributed by atoms with Crippen LogP contribution >= 0.6 is 0 Å². The van der Waals surface area contributed by atoms with E-state index in [0.29, 0.717) is 11.5 Å². The summed E-state index contributed by atoms with van der Waals surface area (Å²) in [7, 11) is 1.86. The summed E-state index contributed by atoms with van der Waals surface area (Å²) in [5, 5.41) is 7.36. The van der Waals surface area contributed by atoms with Crippen molar-refractivity contribution in [3.05, 3.63) is 17.5 Å². The molecule has 17 heavy (non-hydrogen) atoms.